The molecule has 1 atom stereocenters. The van der Waals surface area contributed by atoms with Crippen molar-refractivity contribution in [2.45, 2.75) is 18.1 Å². The van der Waals surface area contributed by atoms with Gasteiger partial charge >= 0.3 is 0 Å². The number of thiazole rings is 1. The van der Waals surface area contributed by atoms with Crippen LogP contribution in [-0.4, -0.2) is 52.2 Å². The van der Waals surface area contributed by atoms with Crippen LogP contribution in [0.25, 0.3) is 10.8 Å². The van der Waals surface area contributed by atoms with E-state index in [0.717, 1.165) is 25.9 Å². The van der Waals surface area contributed by atoms with Crippen molar-refractivity contribution in [1.82, 2.24) is 14.8 Å². The molecule has 0 bridgehead atoms. The van der Waals surface area contributed by atoms with Gasteiger partial charge in [0.15, 0.2) is 0 Å². The molecule has 1 aromatic heterocycles. The quantitative estimate of drug-likeness (QED) is 0.640. The van der Waals surface area contributed by atoms with E-state index in [1.165, 1.54) is 27.7 Å². The predicted octanol–water partition coefficient (Wildman–Crippen LogP) is 3.94. The van der Waals surface area contributed by atoms with Gasteiger partial charge < -0.3 is 4.90 Å². The van der Waals surface area contributed by atoms with Crippen LogP contribution in [0.2, 0.25) is 0 Å². The third-order valence-corrected chi connectivity index (χ3v) is 6.26. The molecule has 1 amide bonds. The summed E-state index contributed by atoms with van der Waals surface area (Å²) in [5, 5.41) is 2.91. The van der Waals surface area contributed by atoms with Gasteiger partial charge in [0.25, 0.3) is 5.91 Å². The van der Waals surface area contributed by atoms with Crippen LogP contribution in [-0.2, 0) is 6.42 Å². The summed E-state index contributed by atoms with van der Waals surface area (Å²) in [6.45, 7) is 3.27. The average molecular weight is 398 g/mol. The highest BCUT2D eigenvalue weighted by atomic mass is 32.1. The largest absolute Gasteiger partial charge is 0.325 e. The van der Waals surface area contributed by atoms with Gasteiger partial charge in [-0.1, -0.05) is 42.5 Å². The van der Waals surface area contributed by atoms with Crippen molar-refractivity contribution in [3.63, 3.8) is 0 Å². The maximum Gasteiger partial charge on any atom is 0.266 e. The number of carbonyl (C=O) groups is 1. The molecule has 4 rings (SSSR count). The van der Waals surface area contributed by atoms with E-state index in [-0.39, 0.29) is 5.91 Å². The topological polar surface area (TPSA) is 36.4 Å². The van der Waals surface area contributed by atoms with E-state index in [2.05, 4.69) is 65.0 Å². The minimum atomic E-state index is 0.0698. The second-order valence-corrected chi connectivity index (χ2v) is 8.60. The average Bonchev–Trinajstić information content (AvgIpc) is 3.36. The zero-order valence-corrected chi connectivity index (χ0v) is 16.8. The molecule has 1 fully saturated rings. The van der Waals surface area contributed by atoms with E-state index in [4.69, 9.17) is 0 Å². The lowest BCUT2D eigenvalue weighted by atomic mass is 10.0. The first-order chi connectivity index (χ1) is 13.2. The van der Waals surface area contributed by atoms with E-state index < -0.39 is 0 Å². The van der Waals surface area contributed by atoms with Crippen molar-refractivity contribution in [3.8, 4) is 0 Å². The van der Waals surface area contributed by atoms with Crippen molar-refractivity contribution in [2.75, 3.05) is 26.3 Å². The molecule has 2 aromatic carbocycles. The number of fused-ring (bicyclic) bond motifs is 1. The van der Waals surface area contributed by atoms with Crippen LogP contribution in [0, 0.1) is 0 Å². The number of hydrogen-bond donors (Lipinski definition) is 1. The molecular formula is C21H23N3OS2. The lowest BCUT2D eigenvalue weighted by molar-refractivity contribution is 0.0659. The highest BCUT2D eigenvalue weighted by Crippen LogP contribution is 2.21. The molecule has 140 valence electrons. The summed E-state index contributed by atoms with van der Waals surface area (Å²) in [5.74, 6) is 0.0698. The minimum absolute atomic E-state index is 0.0698. The van der Waals surface area contributed by atoms with Gasteiger partial charge in [0.1, 0.15) is 4.88 Å². The normalized spacial score (nSPS) is 17.4. The maximum absolute atomic E-state index is 13.0. The van der Waals surface area contributed by atoms with Crippen molar-refractivity contribution >= 4 is 40.6 Å². The number of rotatable bonds is 6. The monoisotopic (exact) mass is 397 g/mol. The number of hydrogen-bond acceptors (Lipinski definition) is 5. The third-order valence-electron chi connectivity index (χ3n) is 5.08. The Morgan fingerprint density at radius 3 is 2.89 bits per heavy atom. The fourth-order valence-electron chi connectivity index (χ4n) is 3.66. The van der Waals surface area contributed by atoms with Gasteiger partial charge in [0.2, 0.25) is 0 Å². The highest BCUT2D eigenvalue weighted by Gasteiger charge is 2.25. The van der Waals surface area contributed by atoms with Crippen LogP contribution in [0.15, 0.2) is 54.2 Å². The van der Waals surface area contributed by atoms with Gasteiger partial charge in [0.05, 0.1) is 18.4 Å². The summed E-state index contributed by atoms with van der Waals surface area (Å²) in [6.07, 6.45) is 3.59. The molecule has 0 spiro atoms. The molecule has 0 saturated carbocycles. The molecule has 4 nitrogen and oxygen atoms in total. The smallest absolute Gasteiger partial charge is 0.266 e. The summed E-state index contributed by atoms with van der Waals surface area (Å²) >= 11 is 5.99. The van der Waals surface area contributed by atoms with Crippen molar-refractivity contribution in [2.24, 2.45) is 0 Å². The van der Waals surface area contributed by atoms with Crippen LogP contribution >= 0.6 is 24.0 Å². The summed E-state index contributed by atoms with van der Waals surface area (Å²) in [4.78, 5) is 22.1. The fraction of sp³-hybridized carbons (Fsp3) is 0.333. The van der Waals surface area contributed by atoms with Gasteiger partial charge in [-0.05, 0) is 29.2 Å². The molecule has 0 radical (unpaired) electrons. The SMILES string of the molecule is O=C(c1cncs1)N(CCc1cccc2ccccc12)CN1CCC(S)C1. The van der Waals surface area contributed by atoms with Crippen LogP contribution in [0.1, 0.15) is 21.7 Å². The molecule has 0 aliphatic carbocycles. The summed E-state index contributed by atoms with van der Waals surface area (Å²) < 4.78 is 0. The van der Waals surface area contributed by atoms with Crippen LogP contribution in [0.4, 0.5) is 0 Å². The first-order valence-electron chi connectivity index (χ1n) is 9.25. The summed E-state index contributed by atoms with van der Waals surface area (Å²) in [6, 6.07) is 14.8. The fourth-order valence-corrected chi connectivity index (χ4v) is 4.60. The summed E-state index contributed by atoms with van der Waals surface area (Å²) in [5.41, 5.74) is 3.00. The molecule has 27 heavy (non-hydrogen) atoms. The Bertz CT molecular complexity index is 907. The third kappa shape index (κ3) is 4.34. The number of amides is 1. The molecule has 1 aliphatic rings. The van der Waals surface area contributed by atoms with Crippen molar-refractivity contribution < 1.29 is 4.79 Å². The Kier molecular flexibility index (Phi) is 5.76. The van der Waals surface area contributed by atoms with E-state index >= 15 is 0 Å². The number of thiol groups is 1. The lowest BCUT2D eigenvalue weighted by Gasteiger charge is -2.27. The first kappa shape index (κ1) is 18.5. The first-order valence-corrected chi connectivity index (χ1v) is 10.6. The van der Waals surface area contributed by atoms with Crippen LogP contribution in [0.5, 0.6) is 0 Å². The standard InChI is InChI=1S/C21H23N3OS2/c25-21(20-12-22-14-27-20)24(15-23-10-9-18(26)13-23)11-8-17-6-3-5-16-4-1-2-7-19(16)17/h1-7,12,14,18,26H,8-11,13,15H2. The minimum Gasteiger partial charge on any atom is -0.325 e. The molecule has 0 N–H and O–H groups in total. The second kappa shape index (κ2) is 8.42. The van der Waals surface area contributed by atoms with Crippen LogP contribution in [0.3, 0.4) is 0 Å². The van der Waals surface area contributed by atoms with Gasteiger partial charge in [0, 0.05) is 24.9 Å². The Balaban J connectivity index is 1.52. The summed E-state index contributed by atoms with van der Waals surface area (Å²) in [7, 11) is 0. The van der Waals surface area contributed by atoms with E-state index in [1.54, 1.807) is 11.7 Å². The zero-order chi connectivity index (χ0) is 18.6. The molecule has 6 heteroatoms. The molecule has 3 aromatic rings. The Morgan fingerprint density at radius 2 is 2.11 bits per heavy atom. The van der Waals surface area contributed by atoms with Gasteiger partial charge in [-0.15, -0.1) is 11.3 Å². The number of nitrogens with zero attached hydrogens (tertiary/aromatic N) is 3. The number of benzene rings is 2. The number of aromatic nitrogens is 1. The van der Waals surface area contributed by atoms with Crippen LogP contribution < -0.4 is 0 Å². The molecule has 1 aliphatic heterocycles. The Hall–Kier alpha value is -1.89. The van der Waals surface area contributed by atoms with Crippen molar-refractivity contribution in [3.05, 3.63) is 64.6 Å². The predicted molar refractivity (Wildman–Crippen MR) is 115 cm³/mol. The van der Waals surface area contributed by atoms with Gasteiger partial charge in [-0.25, -0.2) is 0 Å². The second-order valence-electron chi connectivity index (χ2n) is 6.98. The van der Waals surface area contributed by atoms with Crippen molar-refractivity contribution in [1.29, 1.82) is 0 Å². The Labute approximate surface area is 169 Å². The molecule has 1 unspecified atom stereocenters. The molecule has 1 saturated heterocycles. The van der Waals surface area contributed by atoms with Gasteiger partial charge in [-0.2, -0.15) is 12.6 Å². The highest BCUT2D eigenvalue weighted by molar-refractivity contribution is 7.81. The molecule has 2 heterocycles. The Morgan fingerprint density at radius 1 is 1.26 bits per heavy atom. The van der Waals surface area contributed by atoms with Gasteiger partial charge in [-0.3, -0.25) is 14.7 Å². The number of likely N-dealkylation sites (tertiary alicyclic amines) is 1. The zero-order valence-electron chi connectivity index (χ0n) is 15.1. The maximum atomic E-state index is 13.0. The van der Waals surface area contributed by atoms with E-state index in [0.29, 0.717) is 23.3 Å². The molecular weight excluding hydrogens is 374 g/mol. The van der Waals surface area contributed by atoms with E-state index in [9.17, 15) is 4.79 Å². The van der Waals surface area contributed by atoms with E-state index in [1.807, 2.05) is 4.90 Å². The number of carbonyl (C=O) groups excluding carboxylic acids is 1. The lowest BCUT2D eigenvalue weighted by Crippen LogP contribution is -2.41.